The van der Waals surface area contributed by atoms with Gasteiger partial charge in [0.05, 0.1) is 0 Å². The summed E-state index contributed by atoms with van der Waals surface area (Å²) in [6, 6.07) is 0. The summed E-state index contributed by atoms with van der Waals surface area (Å²) in [6.07, 6.45) is -9.53. The van der Waals surface area contributed by atoms with Gasteiger partial charge in [-0.1, -0.05) is 0 Å². The van der Waals surface area contributed by atoms with E-state index in [1.54, 1.807) is 0 Å². The van der Waals surface area contributed by atoms with Gasteiger partial charge in [0, 0.05) is 21.4 Å². The standard InChI is InChI=1S/C2HF5.Cl2O2S/c3-1(4)2(5,6)7;1-5(2,3)4/h1H;. The predicted molar refractivity (Wildman–Crippen MR) is 32.7 cm³/mol. The predicted octanol–water partition coefficient (Wildman–Crippen LogP) is 2.52. The van der Waals surface area contributed by atoms with Crippen molar-refractivity contribution < 1.29 is 30.4 Å². The Morgan fingerprint density at radius 1 is 1.08 bits per heavy atom. The molecule has 0 aromatic carbocycles. The lowest BCUT2D eigenvalue weighted by Gasteiger charge is -2.00. The molecule has 0 radical (unpaired) electrons. The normalized spacial score (nSPS) is 12.3. The molecule has 0 spiro atoms. The number of hydrogen-bond acceptors (Lipinski definition) is 2. The lowest BCUT2D eigenvalue weighted by molar-refractivity contribution is -0.219. The molecule has 0 aromatic rings. The Morgan fingerprint density at radius 2 is 1.17 bits per heavy atom. The van der Waals surface area contributed by atoms with Gasteiger partial charge in [-0.25, -0.2) is 8.78 Å². The zero-order valence-electron chi connectivity index (χ0n) is 4.95. The van der Waals surface area contributed by atoms with Crippen molar-refractivity contribution in [3.8, 4) is 0 Å². The number of rotatable bonds is 0. The van der Waals surface area contributed by atoms with Crippen molar-refractivity contribution in [1.29, 1.82) is 0 Å². The molecule has 0 rings (SSSR count). The highest BCUT2D eigenvalue weighted by Gasteiger charge is 2.40. The van der Waals surface area contributed by atoms with Crippen LogP contribution in [0.4, 0.5) is 22.0 Å². The van der Waals surface area contributed by atoms with Crippen molar-refractivity contribution in [2.75, 3.05) is 0 Å². The van der Waals surface area contributed by atoms with Crippen LogP contribution in [0.3, 0.4) is 0 Å². The van der Waals surface area contributed by atoms with Gasteiger partial charge in [-0.15, -0.1) is 0 Å². The maximum Gasteiger partial charge on any atom is 0.450 e. The quantitative estimate of drug-likeness (QED) is 0.492. The van der Waals surface area contributed by atoms with Gasteiger partial charge in [-0.05, 0) is 0 Å². The molecule has 0 fully saturated rings. The Hall–Kier alpha value is 0.180. The summed E-state index contributed by atoms with van der Waals surface area (Å²) in [7, 11) is 4.81. The summed E-state index contributed by atoms with van der Waals surface area (Å²) in [4.78, 5) is 0. The van der Waals surface area contributed by atoms with Gasteiger partial charge in [0.1, 0.15) is 0 Å². The van der Waals surface area contributed by atoms with Crippen molar-refractivity contribution in [3.63, 3.8) is 0 Å². The van der Waals surface area contributed by atoms with Gasteiger partial charge in [0.2, 0.25) is 0 Å². The Balaban J connectivity index is 0. The summed E-state index contributed by atoms with van der Waals surface area (Å²) in [6.45, 7) is 0. The van der Waals surface area contributed by atoms with Gasteiger partial charge >= 0.3 is 20.9 Å². The van der Waals surface area contributed by atoms with Crippen molar-refractivity contribution in [2.24, 2.45) is 0 Å². The van der Waals surface area contributed by atoms with E-state index < -0.39 is 20.9 Å². The molecule has 10 heteroatoms. The zero-order chi connectivity index (χ0) is 10.6. The summed E-state index contributed by atoms with van der Waals surface area (Å²) in [5, 5.41) is 0. The summed E-state index contributed by atoms with van der Waals surface area (Å²) < 4.78 is 70.4. The molecule has 12 heavy (non-hydrogen) atoms. The first-order chi connectivity index (χ1) is 4.94. The van der Waals surface area contributed by atoms with Crippen LogP contribution >= 0.6 is 21.4 Å². The lowest BCUT2D eigenvalue weighted by Crippen LogP contribution is -2.18. The number of alkyl halides is 5. The van der Waals surface area contributed by atoms with Crippen LogP contribution < -0.4 is 0 Å². The Bertz CT molecular complexity index is 200. The second-order valence-electron chi connectivity index (χ2n) is 1.22. The number of halogens is 7. The molecule has 0 saturated heterocycles. The van der Waals surface area contributed by atoms with Crippen LogP contribution in [0.25, 0.3) is 0 Å². The van der Waals surface area contributed by atoms with E-state index in [2.05, 4.69) is 21.4 Å². The summed E-state index contributed by atoms with van der Waals surface area (Å²) in [5.74, 6) is 0. The third kappa shape index (κ3) is 22.5. The fraction of sp³-hybridized carbons (Fsp3) is 1.00. The van der Waals surface area contributed by atoms with Crippen LogP contribution in [0, 0.1) is 0 Å². The molecule has 76 valence electrons. The molecular formula is C2HCl2F5O2S. The Kier molecular flexibility index (Phi) is 6.16. The van der Waals surface area contributed by atoms with Crippen LogP contribution in [-0.2, 0) is 8.26 Å². The first kappa shape index (κ1) is 14.7. The van der Waals surface area contributed by atoms with Gasteiger partial charge < -0.3 is 0 Å². The minimum absolute atomic E-state index is 3.72. The molecule has 0 aliphatic rings. The monoisotopic (exact) mass is 254 g/mol. The molecule has 0 N–H and O–H groups in total. The van der Waals surface area contributed by atoms with Crippen molar-refractivity contribution in [3.05, 3.63) is 0 Å². The van der Waals surface area contributed by atoms with Crippen LogP contribution in [0.15, 0.2) is 0 Å². The fourth-order valence-corrected chi connectivity index (χ4v) is 0. The van der Waals surface area contributed by atoms with Gasteiger partial charge in [0.15, 0.2) is 0 Å². The van der Waals surface area contributed by atoms with E-state index in [0.29, 0.717) is 0 Å². The van der Waals surface area contributed by atoms with Gasteiger partial charge in [-0.2, -0.15) is 21.6 Å². The fourth-order valence-electron chi connectivity index (χ4n) is 0. The van der Waals surface area contributed by atoms with E-state index in [1.165, 1.54) is 0 Å². The molecule has 0 heterocycles. The highest BCUT2D eigenvalue weighted by molar-refractivity contribution is 8.31. The third-order valence-electron chi connectivity index (χ3n) is 0.247. The molecule has 0 aliphatic carbocycles. The molecule has 0 bridgehead atoms. The molecule has 0 amide bonds. The van der Waals surface area contributed by atoms with Crippen molar-refractivity contribution in [2.45, 2.75) is 12.6 Å². The summed E-state index contributed by atoms with van der Waals surface area (Å²) in [5.41, 5.74) is 0. The van der Waals surface area contributed by atoms with Crippen LogP contribution in [0.5, 0.6) is 0 Å². The van der Waals surface area contributed by atoms with E-state index in [0.717, 1.165) is 0 Å². The molecule has 0 aliphatic heterocycles. The average molecular weight is 255 g/mol. The maximum atomic E-state index is 10.4. The molecule has 0 aromatic heterocycles. The zero-order valence-corrected chi connectivity index (χ0v) is 7.28. The SMILES string of the molecule is FC(F)C(F)(F)F.O=S(=O)(Cl)Cl. The molecule has 0 unspecified atom stereocenters. The van der Waals surface area contributed by atoms with E-state index in [4.69, 9.17) is 8.42 Å². The van der Waals surface area contributed by atoms with Crippen LogP contribution in [0.1, 0.15) is 0 Å². The van der Waals surface area contributed by atoms with Crippen molar-refractivity contribution >= 4 is 29.6 Å². The second-order valence-corrected chi connectivity index (χ2v) is 4.89. The topological polar surface area (TPSA) is 34.1 Å². The summed E-state index contributed by atoms with van der Waals surface area (Å²) >= 11 is 0. The molecule has 0 atom stereocenters. The van der Waals surface area contributed by atoms with E-state index in [9.17, 15) is 22.0 Å². The van der Waals surface area contributed by atoms with Gasteiger partial charge in [0.25, 0.3) is 0 Å². The molecular weight excluding hydrogens is 254 g/mol. The largest absolute Gasteiger partial charge is 0.450 e. The third-order valence-corrected chi connectivity index (χ3v) is 0.247. The van der Waals surface area contributed by atoms with E-state index >= 15 is 0 Å². The average Bonchev–Trinajstić information content (AvgIpc) is 1.55. The number of hydrogen-bond donors (Lipinski definition) is 0. The Labute approximate surface area is 73.2 Å². The highest BCUT2D eigenvalue weighted by atomic mass is 36.0. The highest BCUT2D eigenvalue weighted by Crippen LogP contribution is 2.22. The molecule has 0 saturated carbocycles. The molecule has 2 nitrogen and oxygen atoms in total. The Morgan fingerprint density at radius 3 is 1.17 bits per heavy atom. The second kappa shape index (κ2) is 5.03. The minimum Gasteiger partial charge on any atom is -0.200 e. The smallest absolute Gasteiger partial charge is 0.200 e. The van der Waals surface area contributed by atoms with Crippen LogP contribution in [0.2, 0.25) is 0 Å². The maximum absolute atomic E-state index is 10.4. The minimum atomic E-state index is -5.33. The van der Waals surface area contributed by atoms with Crippen molar-refractivity contribution in [1.82, 2.24) is 0 Å². The first-order valence-electron chi connectivity index (χ1n) is 1.93. The first-order valence-corrected chi connectivity index (χ1v) is 5.07. The van der Waals surface area contributed by atoms with Gasteiger partial charge in [-0.3, -0.25) is 0 Å². The van der Waals surface area contributed by atoms with Crippen LogP contribution in [-0.4, -0.2) is 21.0 Å². The van der Waals surface area contributed by atoms with E-state index in [1.807, 2.05) is 0 Å². The lowest BCUT2D eigenvalue weighted by atomic mass is 10.7. The van der Waals surface area contributed by atoms with E-state index in [-0.39, 0.29) is 0 Å².